The largest absolute Gasteiger partial charge is 0.301 e. The number of hydrogen-bond acceptors (Lipinski definition) is 3. The summed E-state index contributed by atoms with van der Waals surface area (Å²) in [5.74, 6) is 2.66. The normalized spacial score (nSPS) is 36.6. The van der Waals surface area contributed by atoms with Gasteiger partial charge < -0.3 is 5.32 Å². The van der Waals surface area contributed by atoms with Gasteiger partial charge in [0.2, 0.25) is 5.91 Å². The Hall–Kier alpha value is -0.900. The first-order valence-electron chi connectivity index (χ1n) is 8.61. The van der Waals surface area contributed by atoms with Gasteiger partial charge in [-0.2, -0.15) is 0 Å². The molecule has 4 heteroatoms. The van der Waals surface area contributed by atoms with Gasteiger partial charge in [-0.25, -0.2) is 4.98 Å². The van der Waals surface area contributed by atoms with E-state index in [1.807, 2.05) is 0 Å². The molecule has 1 heterocycles. The number of carbonyl (C=O) groups excluding carboxylic acids is 1. The molecule has 22 heavy (non-hydrogen) atoms. The lowest BCUT2D eigenvalue weighted by molar-refractivity contribution is -0.140. The molecule has 0 radical (unpaired) electrons. The molecule has 0 aromatic carbocycles. The van der Waals surface area contributed by atoms with Gasteiger partial charge >= 0.3 is 0 Å². The molecular weight excluding hydrogens is 292 g/mol. The van der Waals surface area contributed by atoms with E-state index in [9.17, 15) is 4.79 Å². The quantitative estimate of drug-likeness (QED) is 0.866. The van der Waals surface area contributed by atoms with Crippen molar-refractivity contribution in [3.8, 4) is 0 Å². The van der Waals surface area contributed by atoms with Crippen molar-refractivity contribution >= 4 is 22.4 Å². The van der Waals surface area contributed by atoms with Gasteiger partial charge in [-0.3, -0.25) is 4.79 Å². The minimum atomic E-state index is -0.0810. The highest BCUT2D eigenvalue weighted by Crippen LogP contribution is 2.60. The number of carbonyl (C=O) groups is 1. The molecule has 1 aromatic heterocycles. The Morgan fingerprint density at radius 2 is 1.73 bits per heavy atom. The first kappa shape index (κ1) is 14.7. The summed E-state index contributed by atoms with van der Waals surface area (Å²) < 4.78 is 0. The van der Waals surface area contributed by atoms with Crippen molar-refractivity contribution in [3.05, 3.63) is 11.1 Å². The average molecular weight is 318 g/mol. The molecule has 0 atom stereocenters. The van der Waals surface area contributed by atoms with Crippen molar-refractivity contribution in [3.63, 3.8) is 0 Å². The molecular formula is C18H26N2OS. The van der Waals surface area contributed by atoms with Crippen LogP contribution in [0.5, 0.6) is 0 Å². The van der Waals surface area contributed by atoms with Crippen molar-refractivity contribution in [2.24, 2.45) is 23.2 Å². The van der Waals surface area contributed by atoms with Crippen LogP contribution in [0.1, 0.15) is 65.0 Å². The van der Waals surface area contributed by atoms with Gasteiger partial charge in [-0.05, 0) is 56.3 Å². The molecule has 1 amide bonds. The molecule has 5 rings (SSSR count). The van der Waals surface area contributed by atoms with Crippen molar-refractivity contribution in [2.75, 3.05) is 5.32 Å². The summed E-state index contributed by atoms with van der Waals surface area (Å²) in [5.41, 5.74) is 1.03. The van der Waals surface area contributed by atoms with Gasteiger partial charge in [0, 0.05) is 10.8 Å². The van der Waals surface area contributed by atoms with Gasteiger partial charge in [0.1, 0.15) is 0 Å². The fourth-order valence-corrected chi connectivity index (χ4v) is 6.23. The van der Waals surface area contributed by atoms with Crippen LogP contribution in [0, 0.1) is 23.2 Å². The predicted molar refractivity (Wildman–Crippen MR) is 90.0 cm³/mol. The number of nitrogens with one attached hydrogen (secondary N) is 1. The standard InChI is InChI=1S/C18H26N2OS/c1-17(2,3)14-10-22-16(19-14)20-15(21)18-7-11-4-12(8-18)6-13(5-11)9-18/h10-13H,4-9H2,1-3H3,(H,19,20,21). The van der Waals surface area contributed by atoms with Gasteiger partial charge in [-0.1, -0.05) is 20.8 Å². The number of nitrogens with zero attached hydrogens (tertiary/aromatic N) is 1. The number of amides is 1. The summed E-state index contributed by atoms with van der Waals surface area (Å²) in [6.07, 6.45) is 7.46. The zero-order valence-electron chi connectivity index (χ0n) is 13.8. The highest BCUT2D eigenvalue weighted by Gasteiger charge is 2.54. The summed E-state index contributed by atoms with van der Waals surface area (Å²) >= 11 is 1.57. The minimum absolute atomic E-state index is 0.0418. The Kier molecular flexibility index (Phi) is 3.20. The van der Waals surface area contributed by atoms with E-state index in [0.29, 0.717) is 0 Å². The van der Waals surface area contributed by atoms with Crippen LogP contribution >= 0.6 is 11.3 Å². The van der Waals surface area contributed by atoms with Crippen molar-refractivity contribution in [1.82, 2.24) is 4.98 Å². The van der Waals surface area contributed by atoms with Gasteiger partial charge in [-0.15, -0.1) is 11.3 Å². The molecule has 0 unspecified atom stereocenters. The van der Waals surface area contributed by atoms with E-state index >= 15 is 0 Å². The van der Waals surface area contributed by atoms with Gasteiger partial charge in [0.25, 0.3) is 0 Å². The molecule has 1 N–H and O–H groups in total. The molecule has 1 aromatic rings. The number of thiazole rings is 1. The van der Waals surface area contributed by atoms with Crippen molar-refractivity contribution in [1.29, 1.82) is 0 Å². The first-order chi connectivity index (χ1) is 10.3. The predicted octanol–water partition coefficient (Wildman–Crippen LogP) is 4.60. The van der Waals surface area contributed by atoms with Crippen LogP contribution in [0.25, 0.3) is 0 Å². The van der Waals surface area contributed by atoms with E-state index in [0.717, 1.165) is 47.8 Å². The van der Waals surface area contributed by atoms with Crippen LogP contribution in [0.4, 0.5) is 5.13 Å². The highest BCUT2D eigenvalue weighted by molar-refractivity contribution is 7.14. The Labute approximate surface area is 136 Å². The topological polar surface area (TPSA) is 42.0 Å². The van der Waals surface area contributed by atoms with Crippen LogP contribution in [0.2, 0.25) is 0 Å². The smallest absolute Gasteiger partial charge is 0.232 e. The minimum Gasteiger partial charge on any atom is -0.301 e. The lowest BCUT2D eigenvalue weighted by Gasteiger charge is -2.55. The lowest BCUT2D eigenvalue weighted by Crippen LogP contribution is -2.51. The monoisotopic (exact) mass is 318 g/mol. The Morgan fingerprint density at radius 3 is 2.18 bits per heavy atom. The van der Waals surface area contributed by atoms with Crippen LogP contribution in [-0.4, -0.2) is 10.9 Å². The maximum absolute atomic E-state index is 13.0. The molecule has 0 aliphatic heterocycles. The third kappa shape index (κ3) is 2.40. The third-order valence-corrected chi connectivity index (χ3v) is 6.77. The second-order valence-corrected chi connectivity index (χ2v) is 9.80. The van der Waals surface area contributed by atoms with E-state index in [1.165, 1.54) is 19.3 Å². The molecule has 4 aliphatic carbocycles. The maximum atomic E-state index is 13.0. The zero-order chi connectivity index (χ0) is 15.5. The number of anilines is 1. The van der Waals surface area contributed by atoms with E-state index in [-0.39, 0.29) is 16.7 Å². The fraction of sp³-hybridized carbons (Fsp3) is 0.778. The zero-order valence-corrected chi connectivity index (χ0v) is 14.6. The second kappa shape index (κ2) is 4.80. The van der Waals surface area contributed by atoms with E-state index in [1.54, 1.807) is 11.3 Å². The number of aromatic nitrogens is 1. The average Bonchev–Trinajstić information content (AvgIpc) is 2.85. The number of hydrogen-bond donors (Lipinski definition) is 1. The SMILES string of the molecule is CC(C)(C)c1csc(NC(=O)C23CC4CC(CC(C4)C2)C3)n1. The maximum Gasteiger partial charge on any atom is 0.232 e. The van der Waals surface area contributed by atoms with E-state index in [4.69, 9.17) is 0 Å². The summed E-state index contributed by atoms with van der Waals surface area (Å²) in [6.45, 7) is 6.48. The Bertz CT molecular complexity index is 563. The van der Waals surface area contributed by atoms with Crippen LogP contribution in [-0.2, 0) is 10.2 Å². The van der Waals surface area contributed by atoms with Crippen LogP contribution < -0.4 is 5.32 Å². The first-order valence-corrected chi connectivity index (χ1v) is 9.49. The van der Waals surface area contributed by atoms with Crippen molar-refractivity contribution < 1.29 is 4.79 Å². The Morgan fingerprint density at radius 1 is 1.18 bits per heavy atom. The molecule has 4 aliphatic rings. The van der Waals surface area contributed by atoms with E-state index in [2.05, 4.69) is 36.5 Å². The molecule has 3 nitrogen and oxygen atoms in total. The summed E-state index contributed by atoms with van der Waals surface area (Å²) in [6, 6.07) is 0. The summed E-state index contributed by atoms with van der Waals surface area (Å²) in [5, 5.41) is 6.02. The molecule has 4 fully saturated rings. The van der Waals surface area contributed by atoms with Crippen LogP contribution in [0.15, 0.2) is 5.38 Å². The highest BCUT2D eigenvalue weighted by atomic mass is 32.1. The van der Waals surface area contributed by atoms with Crippen LogP contribution in [0.3, 0.4) is 0 Å². The lowest BCUT2D eigenvalue weighted by atomic mass is 9.49. The molecule has 0 spiro atoms. The molecule has 120 valence electrons. The van der Waals surface area contributed by atoms with E-state index < -0.39 is 0 Å². The van der Waals surface area contributed by atoms with Gasteiger partial charge in [0.05, 0.1) is 11.1 Å². The fourth-order valence-electron chi connectivity index (χ4n) is 5.29. The molecule has 4 saturated carbocycles. The molecule has 0 saturated heterocycles. The molecule has 4 bridgehead atoms. The second-order valence-electron chi connectivity index (χ2n) is 8.94. The summed E-state index contributed by atoms with van der Waals surface area (Å²) in [7, 11) is 0. The number of rotatable bonds is 2. The third-order valence-electron chi connectivity index (χ3n) is 6.01. The summed E-state index contributed by atoms with van der Waals surface area (Å²) in [4.78, 5) is 17.6. The van der Waals surface area contributed by atoms with Crippen molar-refractivity contribution in [2.45, 2.75) is 64.7 Å². The van der Waals surface area contributed by atoms with Gasteiger partial charge in [0.15, 0.2) is 5.13 Å². The Balaban J connectivity index is 1.52.